The van der Waals surface area contributed by atoms with E-state index < -0.39 is 0 Å². The molecule has 2 nitrogen and oxygen atoms in total. The third kappa shape index (κ3) is 2.99. The third-order valence-corrected chi connectivity index (χ3v) is 3.07. The predicted octanol–water partition coefficient (Wildman–Crippen LogP) is 3.62. The second kappa shape index (κ2) is 5.83. The zero-order valence-corrected chi connectivity index (χ0v) is 10.7. The van der Waals surface area contributed by atoms with E-state index >= 15 is 0 Å². The Hall–Kier alpha value is -1.61. The molecule has 1 N–H and O–H groups in total. The van der Waals surface area contributed by atoms with Crippen LogP contribution in [0.4, 0.5) is 4.39 Å². The summed E-state index contributed by atoms with van der Waals surface area (Å²) in [6.07, 6.45) is 2.48. The molecule has 18 heavy (non-hydrogen) atoms. The van der Waals surface area contributed by atoms with Crippen molar-refractivity contribution in [2.75, 3.05) is 6.54 Å². The van der Waals surface area contributed by atoms with Crippen molar-refractivity contribution in [3.8, 4) is 0 Å². The Kier molecular flexibility index (Phi) is 4.15. The number of aryl methyl sites for hydroxylation is 1. The quantitative estimate of drug-likeness (QED) is 0.873. The lowest BCUT2D eigenvalue weighted by Crippen LogP contribution is -2.22. The van der Waals surface area contributed by atoms with Gasteiger partial charge in [0.2, 0.25) is 0 Å². The first kappa shape index (κ1) is 12.8. The van der Waals surface area contributed by atoms with E-state index in [1.165, 1.54) is 6.07 Å². The minimum Gasteiger partial charge on any atom is -0.468 e. The Labute approximate surface area is 107 Å². The van der Waals surface area contributed by atoms with Gasteiger partial charge in [0.25, 0.3) is 0 Å². The summed E-state index contributed by atoms with van der Waals surface area (Å²) in [4.78, 5) is 0. The first-order chi connectivity index (χ1) is 8.70. The molecule has 1 atom stereocenters. The SMILES string of the molecule is CCNC(Cc1ccc(F)cc1C)c1ccco1. The number of likely N-dealkylation sites (N-methyl/N-ethyl adjacent to an activating group) is 1. The van der Waals surface area contributed by atoms with Crippen LogP contribution in [0, 0.1) is 12.7 Å². The highest BCUT2D eigenvalue weighted by Crippen LogP contribution is 2.21. The Morgan fingerprint density at radius 2 is 2.17 bits per heavy atom. The lowest BCUT2D eigenvalue weighted by atomic mass is 9.99. The molecule has 0 aliphatic carbocycles. The summed E-state index contributed by atoms with van der Waals surface area (Å²) >= 11 is 0. The van der Waals surface area contributed by atoms with Crippen molar-refractivity contribution in [3.63, 3.8) is 0 Å². The first-order valence-corrected chi connectivity index (χ1v) is 6.22. The molecule has 0 saturated carbocycles. The largest absolute Gasteiger partial charge is 0.468 e. The lowest BCUT2D eigenvalue weighted by molar-refractivity contribution is 0.416. The molecule has 0 aliphatic rings. The molecule has 1 unspecified atom stereocenters. The van der Waals surface area contributed by atoms with Gasteiger partial charge in [-0.3, -0.25) is 0 Å². The van der Waals surface area contributed by atoms with Gasteiger partial charge in [-0.25, -0.2) is 4.39 Å². The number of halogens is 1. The summed E-state index contributed by atoms with van der Waals surface area (Å²) in [5, 5.41) is 3.39. The standard InChI is InChI=1S/C15H18FNO/c1-3-17-14(15-5-4-8-18-15)10-12-6-7-13(16)9-11(12)2/h4-9,14,17H,3,10H2,1-2H3. The number of rotatable bonds is 5. The molecule has 3 heteroatoms. The summed E-state index contributed by atoms with van der Waals surface area (Å²) in [6.45, 7) is 4.86. The average Bonchev–Trinajstić information content (AvgIpc) is 2.85. The molecule has 0 saturated heterocycles. The molecule has 2 aromatic rings. The summed E-state index contributed by atoms with van der Waals surface area (Å²) in [5.74, 6) is 0.731. The zero-order chi connectivity index (χ0) is 13.0. The minimum absolute atomic E-state index is 0.133. The molecule has 0 radical (unpaired) electrons. The van der Waals surface area contributed by atoms with E-state index in [9.17, 15) is 4.39 Å². The van der Waals surface area contributed by atoms with E-state index in [2.05, 4.69) is 12.2 Å². The van der Waals surface area contributed by atoms with Gasteiger partial charge < -0.3 is 9.73 Å². The summed E-state index contributed by atoms with van der Waals surface area (Å²) in [5.41, 5.74) is 2.11. The van der Waals surface area contributed by atoms with Gasteiger partial charge in [-0.05, 0) is 55.3 Å². The highest BCUT2D eigenvalue weighted by atomic mass is 19.1. The summed E-state index contributed by atoms with van der Waals surface area (Å²) in [6, 6.07) is 8.91. The van der Waals surface area contributed by atoms with Crippen LogP contribution in [0.15, 0.2) is 41.0 Å². The maximum atomic E-state index is 13.1. The molecule has 0 fully saturated rings. The molecule has 0 bridgehead atoms. The molecule has 0 aliphatic heterocycles. The fourth-order valence-electron chi connectivity index (χ4n) is 2.12. The Balaban J connectivity index is 2.18. The van der Waals surface area contributed by atoms with Crippen molar-refractivity contribution < 1.29 is 8.81 Å². The van der Waals surface area contributed by atoms with Gasteiger partial charge in [-0.1, -0.05) is 13.0 Å². The number of hydrogen-bond acceptors (Lipinski definition) is 2. The fourth-order valence-corrected chi connectivity index (χ4v) is 2.12. The van der Waals surface area contributed by atoms with Crippen molar-refractivity contribution in [3.05, 3.63) is 59.3 Å². The van der Waals surface area contributed by atoms with Crippen LogP contribution in [0.3, 0.4) is 0 Å². The van der Waals surface area contributed by atoms with E-state index in [-0.39, 0.29) is 11.9 Å². The highest BCUT2D eigenvalue weighted by Gasteiger charge is 2.15. The van der Waals surface area contributed by atoms with E-state index in [0.29, 0.717) is 0 Å². The Morgan fingerprint density at radius 3 is 2.78 bits per heavy atom. The van der Waals surface area contributed by atoms with Crippen LogP contribution >= 0.6 is 0 Å². The van der Waals surface area contributed by atoms with Crippen molar-refractivity contribution in [1.82, 2.24) is 5.32 Å². The number of hydrogen-bond donors (Lipinski definition) is 1. The minimum atomic E-state index is -0.186. The monoisotopic (exact) mass is 247 g/mol. The van der Waals surface area contributed by atoms with Crippen LogP contribution in [-0.2, 0) is 6.42 Å². The van der Waals surface area contributed by atoms with Gasteiger partial charge in [0, 0.05) is 0 Å². The van der Waals surface area contributed by atoms with Crippen molar-refractivity contribution in [2.24, 2.45) is 0 Å². The number of nitrogens with one attached hydrogen (secondary N) is 1. The van der Waals surface area contributed by atoms with Crippen LogP contribution in [0.1, 0.15) is 29.9 Å². The highest BCUT2D eigenvalue weighted by molar-refractivity contribution is 5.28. The second-order valence-corrected chi connectivity index (χ2v) is 4.40. The first-order valence-electron chi connectivity index (χ1n) is 6.22. The maximum Gasteiger partial charge on any atom is 0.123 e. The van der Waals surface area contributed by atoms with Crippen LogP contribution in [0.25, 0.3) is 0 Å². The Morgan fingerprint density at radius 1 is 1.33 bits per heavy atom. The summed E-state index contributed by atoms with van der Waals surface area (Å²) in [7, 11) is 0. The van der Waals surface area contributed by atoms with Gasteiger partial charge >= 0.3 is 0 Å². The van der Waals surface area contributed by atoms with E-state index in [1.807, 2.05) is 25.1 Å². The third-order valence-electron chi connectivity index (χ3n) is 3.07. The fraction of sp³-hybridized carbons (Fsp3) is 0.333. The molecule has 96 valence electrons. The van der Waals surface area contributed by atoms with Crippen LogP contribution in [0.2, 0.25) is 0 Å². The molecule has 1 aromatic carbocycles. The van der Waals surface area contributed by atoms with Gasteiger partial charge in [-0.15, -0.1) is 0 Å². The van der Waals surface area contributed by atoms with Gasteiger partial charge in [0.1, 0.15) is 11.6 Å². The van der Waals surface area contributed by atoms with E-state index in [0.717, 1.165) is 29.9 Å². The molecular weight excluding hydrogens is 229 g/mol. The lowest BCUT2D eigenvalue weighted by Gasteiger charge is -2.17. The van der Waals surface area contributed by atoms with Crippen molar-refractivity contribution >= 4 is 0 Å². The smallest absolute Gasteiger partial charge is 0.123 e. The molecule has 1 aromatic heterocycles. The second-order valence-electron chi connectivity index (χ2n) is 4.40. The van der Waals surface area contributed by atoms with E-state index in [1.54, 1.807) is 12.3 Å². The van der Waals surface area contributed by atoms with E-state index in [4.69, 9.17) is 4.42 Å². The summed E-state index contributed by atoms with van der Waals surface area (Å²) < 4.78 is 18.5. The zero-order valence-electron chi connectivity index (χ0n) is 10.7. The number of furan rings is 1. The predicted molar refractivity (Wildman–Crippen MR) is 70.0 cm³/mol. The molecule has 0 spiro atoms. The van der Waals surface area contributed by atoms with Gasteiger partial charge in [-0.2, -0.15) is 0 Å². The molecular formula is C15H18FNO. The normalized spacial score (nSPS) is 12.6. The molecule has 1 heterocycles. The molecule has 2 rings (SSSR count). The number of benzene rings is 1. The molecule has 0 amide bonds. The van der Waals surface area contributed by atoms with Gasteiger partial charge in [0.05, 0.1) is 12.3 Å². The van der Waals surface area contributed by atoms with Crippen LogP contribution < -0.4 is 5.32 Å². The van der Waals surface area contributed by atoms with Gasteiger partial charge in [0.15, 0.2) is 0 Å². The maximum absolute atomic E-state index is 13.1. The van der Waals surface area contributed by atoms with Crippen molar-refractivity contribution in [2.45, 2.75) is 26.3 Å². The van der Waals surface area contributed by atoms with Crippen LogP contribution in [0.5, 0.6) is 0 Å². The topological polar surface area (TPSA) is 25.2 Å². The van der Waals surface area contributed by atoms with Crippen molar-refractivity contribution in [1.29, 1.82) is 0 Å². The van der Waals surface area contributed by atoms with Crippen LogP contribution in [-0.4, -0.2) is 6.54 Å². The average molecular weight is 247 g/mol. The Bertz CT molecular complexity index is 493.